The van der Waals surface area contributed by atoms with E-state index in [1.807, 2.05) is 18.2 Å². The molecule has 2 rings (SSSR count). The van der Waals surface area contributed by atoms with Crippen molar-refractivity contribution in [2.24, 2.45) is 0 Å². The molecular weight excluding hydrogens is 384 g/mol. The number of carbonyl (C=O) groups is 1. The summed E-state index contributed by atoms with van der Waals surface area (Å²) in [5.41, 5.74) is 0.934. The molecule has 0 aromatic heterocycles. The maximum atomic E-state index is 12.0. The number of halogens is 2. The number of rotatable bonds is 4. The van der Waals surface area contributed by atoms with Crippen molar-refractivity contribution in [3.8, 4) is 0 Å². The smallest absolute Gasteiger partial charge is 0.239 e. The van der Waals surface area contributed by atoms with Gasteiger partial charge >= 0.3 is 0 Å². The van der Waals surface area contributed by atoms with E-state index in [9.17, 15) is 4.79 Å². The Morgan fingerprint density at radius 3 is 2.50 bits per heavy atom. The summed E-state index contributed by atoms with van der Waals surface area (Å²) in [6.07, 6.45) is 7.31. The van der Waals surface area contributed by atoms with Crippen LogP contribution in [0.1, 0.15) is 38.5 Å². The Morgan fingerprint density at radius 2 is 1.85 bits per heavy atom. The molecule has 0 saturated heterocycles. The Hall–Kier alpha value is -0.550. The lowest BCUT2D eigenvalue weighted by atomic mass is 10.1. The van der Waals surface area contributed by atoms with Gasteiger partial charge in [0.1, 0.15) is 0 Å². The summed E-state index contributed by atoms with van der Waals surface area (Å²) in [4.78, 5) is 12.0. The molecule has 110 valence electrons. The first-order valence-electron chi connectivity index (χ1n) is 7.13. The standard InChI is InChI=1S/C15H20Br2N2O/c16-11-7-8-14(13(17)9-11)18-10-15(20)19-12-5-3-1-2-4-6-12/h7-9,12,18H,1-6,10H2,(H,19,20). The van der Waals surface area contributed by atoms with E-state index >= 15 is 0 Å². The van der Waals surface area contributed by atoms with Crippen molar-refractivity contribution in [2.75, 3.05) is 11.9 Å². The number of hydrogen-bond donors (Lipinski definition) is 2. The molecule has 0 spiro atoms. The average Bonchev–Trinajstić information content (AvgIpc) is 2.66. The van der Waals surface area contributed by atoms with Gasteiger partial charge in [-0.3, -0.25) is 4.79 Å². The van der Waals surface area contributed by atoms with E-state index in [-0.39, 0.29) is 5.91 Å². The van der Waals surface area contributed by atoms with Gasteiger partial charge in [-0.1, -0.05) is 41.6 Å². The van der Waals surface area contributed by atoms with E-state index in [0.717, 1.165) is 27.5 Å². The molecule has 20 heavy (non-hydrogen) atoms. The minimum Gasteiger partial charge on any atom is -0.375 e. The van der Waals surface area contributed by atoms with Crippen LogP contribution in [-0.4, -0.2) is 18.5 Å². The molecule has 3 nitrogen and oxygen atoms in total. The minimum absolute atomic E-state index is 0.0757. The second-order valence-electron chi connectivity index (χ2n) is 5.23. The molecule has 0 radical (unpaired) electrons. The molecule has 2 N–H and O–H groups in total. The van der Waals surface area contributed by atoms with Crippen molar-refractivity contribution in [3.05, 3.63) is 27.1 Å². The fourth-order valence-corrected chi connectivity index (χ4v) is 3.70. The van der Waals surface area contributed by atoms with Gasteiger partial charge in [-0.25, -0.2) is 0 Å². The van der Waals surface area contributed by atoms with Crippen molar-refractivity contribution in [2.45, 2.75) is 44.6 Å². The fourth-order valence-electron chi connectivity index (χ4n) is 2.51. The number of nitrogens with one attached hydrogen (secondary N) is 2. The van der Waals surface area contributed by atoms with Crippen LogP contribution < -0.4 is 10.6 Å². The van der Waals surface area contributed by atoms with Crippen molar-refractivity contribution in [1.82, 2.24) is 5.32 Å². The zero-order chi connectivity index (χ0) is 14.4. The van der Waals surface area contributed by atoms with Crippen LogP contribution in [0, 0.1) is 0 Å². The lowest BCUT2D eigenvalue weighted by Crippen LogP contribution is -2.38. The zero-order valence-electron chi connectivity index (χ0n) is 11.4. The predicted molar refractivity (Wildman–Crippen MR) is 90.0 cm³/mol. The fraction of sp³-hybridized carbons (Fsp3) is 0.533. The highest BCUT2D eigenvalue weighted by Gasteiger charge is 2.14. The largest absolute Gasteiger partial charge is 0.375 e. The molecule has 1 aliphatic rings. The molecule has 1 aromatic rings. The molecule has 0 unspecified atom stereocenters. The first-order valence-corrected chi connectivity index (χ1v) is 8.72. The van der Waals surface area contributed by atoms with Crippen molar-refractivity contribution in [1.29, 1.82) is 0 Å². The maximum absolute atomic E-state index is 12.0. The molecule has 0 heterocycles. The highest BCUT2D eigenvalue weighted by atomic mass is 79.9. The summed E-state index contributed by atoms with van der Waals surface area (Å²) in [6.45, 7) is 0.316. The average molecular weight is 404 g/mol. The number of carbonyl (C=O) groups excluding carboxylic acids is 1. The van der Waals surface area contributed by atoms with Crippen molar-refractivity contribution in [3.63, 3.8) is 0 Å². The van der Waals surface area contributed by atoms with Crippen LogP contribution in [0.4, 0.5) is 5.69 Å². The van der Waals surface area contributed by atoms with Gasteiger partial charge in [0, 0.05) is 20.7 Å². The Labute approximate surface area is 137 Å². The van der Waals surface area contributed by atoms with Gasteiger partial charge in [-0.15, -0.1) is 0 Å². The summed E-state index contributed by atoms with van der Waals surface area (Å²) in [7, 11) is 0. The van der Waals surface area contributed by atoms with E-state index in [1.54, 1.807) is 0 Å². The summed E-state index contributed by atoms with van der Waals surface area (Å²) in [5, 5.41) is 6.30. The van der Waals surface area contributed by atoms with E-state index in [1.165, 1.54) is 25.7 Å². The summed E-state index contributed by atoms with van der Waals surface area (Å²) >= 11 is 6.89. The summed E-state index contributed by atoms with van der Waals surface area (Å²) in [5.74, 6) is 0.0757. The number of benzene rings is 1. The van der Waals surface area contributed by atoms with E-state index in [0.29, 0.717) is 12.6 Å². The molecule has 0 bridgehead atoms. The maximum Gasteiger partial charge on any atom is 0.239 e. The monoisotopic (exact) mass is 402 g/mol. The molecule has 0 atom stereocenters. The Kier molecular flexibility index (Phi) is 6.36. The molecule has 5 heteroatoms. The summed E-state index contributed by atoms with van der Waals surface area (Å²) in [6, 6.07) is 6.23. The van der Waals surface area contributed by atoms with Crippen LogP contribution in [0.2, 0.25) is 0 Å². The molecule has 1 saturated carbocycles. The SMILES string of the molecule is O=C(CNc1ccc(Br)cc1Br)NC1CCCCCC1. The van der Waals surface area contributed by atoms with E-state index in [4.69, 9.17) is 0 Å². The van der Waals surface area contributed by atoms with Crippen LogP contribution >= 0.6 is 31.9 Å². The zero-order valence-corrected chi connectivity index (χ0v) is 14.6. The minimum atomic E-state index is 0.0757. The first kappa shape index (κ1) is 15.8. The Bertz CT molecular complexity index is 457. The normalized spacial score (nSPS) is 16.5. The number of amides is 1. The van der Waals surface area contributed by atoms with Crippen LogP contribution in [-0.2, 0) is 4.79 Å². The molecule has 1 amide bonds. The second-order valence-corrected chi connectivity index (χ2v) is 7.00. The third-order valence-corrected chi connectivity index (χ3v) is 4.74. The lowest BCUT2D eigenvalue weighted by Gasteiger charge is -2.17. The van der Waals surface area contributed by atoms with Crippen molar-refractivity contribution >= 4 is 43.5 Å². The van der Waals surface area contributed by atoms with E-state index in [2.05, 4.69) is 42.5 Å². The lowest BCUT2D eigenvalue weighted by molar-refractivity contribution is -0.120. The van der Waals surface area contributed by atoms with Gasteiger partial charge in [0.2, 0.25) is 5.91 Å². The third kappa shape index (κ3) is 5.09. The number of hydrogen-bond acceptors (Lipinski definition) is 2. The van der Waals surface area contributed by atoms with Crippen LogP contribution in [0.15, 0.2) is 27.1 Å². The first-order chi connectivity index (χ1) is 9.65. The van der Waals surface area contributed by atoms with Crippen LogP contribution in [0.25, 0.3) is 0 Å². The quantitative estimate of drug-likeness (QED) is 0.728. The summed E-state index contributed by atoms with van der Waals surface area (Å²) < 4.78 is 1.96. The van der Waals surface area contributed by atoms with Gasteiger partial charge in [-0.2, -0.15) is 0 Å². The Morgan fingerprint density at radius 1 is 1.15 bits per heavy atom. The van der Waals surface area contributed by atoms with Gasteiger partial charge in [0.25, 0.3) is 0 Å². The predicted octanol–water partition coefficient (Wildman–Crippen LogP) is 4.46. The third-order valence-electron chi connectivity index (χ3n) is 3.59. The highest BCUT2D eigenvalue weighted by Crippen LogP contribution is 2.25. The molecular formula is C15H20Br2N2O. The molecule has 1 aromatic carbocycles. The van der Waals surface area contributed by atoms with Crippen molar-refractivity contribution < 1.29 is 4.79 Å². The second kappa shape index (κ2) is 8.03. The van der Waals surface area contributed by atoms with Crippen LogP contribution in [0.5, 0.6) is 0 Å². The highest BCUT2D eigenvalue weighted by molar-refractivity contribution is 9.11. The topological polar surface area (TPSA) is 41.1 Å². The van der Waals surface area contributed by atoms with Gasteiger partial charge in [0.15, 0.2) is 0 Å². The Balaban J connectivity index is 1.79. The van der Waals surface area contributed by atoms with Gasteiger partial charge in [0.05, 0.1) is 6.54 Å². The molecule has 1 aliphatic carbocycles. The number of anilines is 1. The van der Waals surface area contributed by atoms with Gasteiger partial charge in [-0.05, 0) is 47.0 Å². The molecule has 0 aliphatic heterocycles. The molecule has 1 fully saturated rings. The van der Waals surface area contributed by atoms with Crippen LogP contribution in [0.3, 0.4) is 0 Å². The van der Waals surface area contributed by atoms with E-state index < -0.39 is 0 Å². The van der Waals surface area contributed by atoms with Gasteiger partial charge < -0.3 is 10.6 Å².